The summed E-state index contributed by atoms with van der Waals surface area (Å²) < 4.78 is 0. The van der Waals surface area contributed by atoms with Crippen LogP contribution in [0.15, 0.2) is 24.3 Å². The second-order valence-corrected chi connectivity index (χ2v) is 18.3. The summed E-state index contributed by atoms with van der Waals surface area (Å²) in [6, 6.07) is 0.766. The van der Waals surface area contributed by atoms with E-state index < -0.39 is 128 Å². The van der Waals surface area contributed by atoms with Crippen LogP contribution < -0.4 is 31.9 Å². The Morgan fingerprint density at radius 2 is 0.961 bits per heavy atom. The molecule has 14 N–H and O–H groups in total. The van der Waals surface area contributed by atoms with Gasteiger partial charge in [-0.3, -0.25) is 58.0 Å². The number of hydrogen-bond acceptors (Lipinski definition) is 16. The third kappa shape index (κ3) is 31.7. The van der Waals surface area contributed by atoms with Crippen molar-refractivity contribution in [3.05, 3.63) is 29.8 Å². The van der Waals surface area contributed by atoms with Crippen LogP contribution in [-0.4, -0.2) is 240 Å². The summed E-state index contributed by atoms with van der Waals surface area (Å²) in [6.45, 7) is 0.332. The van der Waals surface area contributed by atoms with Gasteiger partial charge in [-0.15, -0.1) is 0 Å². The van der Waals surface area contributed by atoms with Crippen molar-refractivity contribution in [1.82, 2.24) is 46.2 Å². The van der Waals surface area contributed by atoms with Crippen LogP contribution in [0, 0.1) is 36.9 Å². The van der Waals surface area contributed by atoms with Crippen LogP contribution in [0.1, 0.15) is 69.8 Å². The number of aliphatic carboxylic acids is 8. The van der Waals surface area contributed by atoms with Crippen LogP contribution in [0.25, 0.3) is 0 Å². The molecule has 436 valence electrons. The minimum atomic E-state index is -1.69. The van der Waals surface area contributed by atoms with Gasteiger partial charge in [-0.2, -0.15) is 0 Å². The monoisotopic (exact) mass is 1270 g/mol. The second kappa shape index (κ2) is 37.7. The molecule has 29 nitrogen and oxygen atoms in total. The van der Waals surface area contributed by atoms with E-state index in [1.807, 2.05) is 22.8 Å². The van der Waals surface area contributed by atoms with E-state index in [4.69, 9.17) is 17.3 Å². The molecule has 2 rings (SSSR count). The summed E-state index contributed by atoms with van der Waals surface area (Å²) >= 11 is 5.47. The zero-order chi connectivity index (χ0) is 56.7. The number of nitrogens with zero attached hydrogens (tertiary/aromatic N) is 4. The molecule has 77 heavy (non-hydrogen) atoms. The Bertz CT molecular complexity index is 2160. The molecular weight excluding hydrogens is 1200 g/mol. The number of anilines is 1. The summed E-state index contributed by atoms with van der Waals surface area (Å²) in [5.74, 6) is -11.6. The molecule has 1 aliphatic rings. The molecule has 0 spiro atoms. The first-order valence-corrected chi connectivity index (χ1v) is 24.8. The van der Waals surface area contributed by atoms with Crippen molar-refractivity contribution >= 4 is 88.6 Å². The average Bonchev–Trinajstić information content (AvgIpc) is 3.32. The van der Waals surface area contributed by atoms with Gasteiger partial charge in [-0.1, -0.05) is 25.0 Å². The first-order valence-electron chi connectivity index (χ1n) is 24.4. The van der Waals surface area contributed by atoms with Crippen LogP contribution in [0.4, 0.5) is 10.5 Å². The molecule has 0 radical (unpaired) electrons. The molecule has 0 bridgehead atoms. The molecule has 31 heteroatoms. The number of benzene rings is 1. The van der Waals surface area contributed by atoms with Crippen LogP contribution in [0.5, 0.6) is 0 Å². The van der Waals surface area contributed by atoms with E-state index in [1.54, 1.807) is 31.7 Å². The first kappa shape index (κ1) is 69.0. The molecule has 1 heterocycles. The van der Waals surface area contributed by atoms with Crippen LogP contribution >= 0.6 is 12.2 Å². The molecule has 1 aromatic carbocycles. The van der Waals surface area contributed by atoms with Crippen molar-refractivity contribution in [3.8, 4) is 0 Å². The number of carboxylic acid groups (broad SMARTS) is 8. The summed E-state index contributed by atoms with van der Waals surface area (Å²) in [5.41, 5.74) is 1.42. The minimum absolute atomic E-state index is 0. The van der Waals surface area contributed by atoms with Crippen molar-refractivity contribution in [2.75, 3.05) is 90.4 Å². The van der Waals surface area contributed by atoms with E-state index in [-0.39, 0.29) is 122 Å². The molecule has 0 saturated carbocycles. The number of carbonyl (C=O) groups excluding carboxylic acids is 3. The minimum Gasteiger partial charge on any atom is -0.481 e. The second-order valence-electron chi connectivity index (χ2n) is 17.9. The number of hydrogen-bond donors (Lipinski definition) is 14. The molecule has 0 aromatic heterocycles. The maximum Gasteiger partial charge on any atom is 3.00 e. The Hall–Kier alpha value is -6.05. The number of nitrogens with one attached hydrogen (secondary N) is 6. The summed E-state index contributed by atoms with van der Waals surface area (Å²) in [5, 5.41) is 90.9. The Labute approximate surface area is 477 Å². The zero-order valence-electron chi connectivity index (χ0n) is 42.1. The summed E-state index contributed by atoms with van der Waals surface area (Å²) in [6.07, 6.45) is 0.00229. The molecule has 1 saturated heterocycles. The van der Waals surface area contributed by atoms with Crippen molar-refractivity contribution in [3.63, 3.8) is 0 Å². The van der Waals surface area contributed by atoms with Crippen LogP contribution in [0.3, 0.4) is 0 Å². The SMILES string of the molecule is O=C(O)CC[C@H](NC(=O)N[C@@H](CCC(=O)N[C@@H](CCC(=O)O)C(=O)NCCCCCCNC(=S)Nc1ccc(CC2CN(CC(=O)O)CCN(CC(=O)O)CCN(CC(=O)O)CCN2CC(=O)O)cc1)C(=O)O)C(=O)O.[Lu+3]. The van der Waals surface area contributed by atoms with Gasteiger partial charge in [0, 0.05) is 89.9 Å². The molecular formula is C46H70LuN10O19S+3. The zero-order valence-corrected chi connectivity index (χ0v) is 44.6. The fraction of sp³-hybridized carbons (Fsp3) is 0.609. The fourth-order valence-corrected chi connectivity index (χ4v) is 8.11. The first-order chi connectivity index (χ1) is 35.9. The van der Waals surface area contributed by atoms with Gasteiger partial charge < -0.3 is 72.8 Å². The number of thiocarbonyl (C=S) groups is 1. The number of urea groups is 1. The van der Waals surface area contributed by atoms with Gasteiger partial charge in [0.25, 0.3) is 0 Å². The number of carbonyl (C=O) groups is 11. The van der Waals surface area contributed by atoms with Gasteiger partial charge in [0.15, 0.2) is 5.11 Å². The Morgan fingerprint density at radius 3 is 1.44 bits per heavy atom. The van der Waals surface area contributed by atoms with E-state index in [2.05, 4.69) is 21.3 Å². The molecule has 1 fully saturated rings. The molecule has 4 amide bonds. The van der Waals surface area contributed by atoms with Crippen LogP contribution in [-0.2, 0) is 54.4 Å². The topological polar surface area (TPSA) is 435 Å². The Balaban J connectivity index is 0.0000296. The van der Waals surface area contributed by atoms with Gasteiger partial charge >= 0.3 is 90.7 Å². The van der Waals surface area contributed by atoms with E-state index in [0.29, 0.717) is 36.6 Å². The number of carboxylic acids is 8. The average molecular weight is 1270 g/mol. The predicted octanol–water partition coefficient (Wildman–Crippen LogP) is -1.68. The van der Waals surface area contributed by atoms with Gasteiger partial charge in [0.05, 0.1) is 26.2 Å². The summed E-state index contributed by atoms with van der Waals surface area (Å²) in [7, 11) is 0. The Morgan fingerprint density at radius 1 is 0.519 bits per heavy atom. The van der Waals surface area contributed by atoms with Crippen molar-refractivity contribution in [2.45, 2.75) is 94.8 Å². The Kier molecular flexibility index (Phi) is 33.7. The predicted molar refractivity (Wildman–Crippen MR) is 270 cm³/mol. The number of unbranched alkanes of at least 4 members (excludes halogenated alkanes) is 3. The normalized spacial score (nSPS) is 16.0. The standard InChI is InChI=1S/C46H70N10O19S.Lu/c57-35(12-9-33(43(71)72)51-45(75)52-34(44(73)74)11-14-37(60)61)50-32(10-13-36(58)59)42(70)47-15-3-1-2-4-16-48-46(76)49-30-7-5-29(6-8-30)23-31-24-55(27-40(66)67)20-19-53(25-38(62)63)17-18-54(26-39(64)65)21-22-56(31)28-41(68)69;/h5-8,31-34H,1-4,9-28H2,(H,47,70)(H,50,57)(H,58,59)(H,60,61)(H,62,63)(H,64,65)(H,66,67)(H,68,69)(H,71,72)(H,73,74)(H2,48,49,76)(H2,51,52,75);/q;+3/t31?,32-,33-,34-;/m0./s1. The van der Waals surface area contributed by atoms with Crippen LogP contribution in [0.2, 0.25) is 0 Å². The van der Waals surface area contributed by atoms with Crippen molar-refractivity contribution in [2.24, 2.45) is 0 Å². The fourth-order valence-electron chi connectivity index (χ4n) is 7.89. The molecule has 4 atom stereocenters. The van der Waals surface area contributed by atoms with Gasteiger partial charge in [-0.25, -0.2) is 14.4 Å². The third-order valence-corrected chi connectivity index (χ3v) is 12.0. The molecule has 1 aromatic rings. The quantitative estimate of drug-likeness (QED) is 0.0276. The van der Waals surface area contributed by atoms with Crippen molar-refractivity contribution in [1.29, 1.82) is 0 Å². The number of rotatable bonds is 33. The largest absolute Gasteiger partial charge is 3.00 e. The smallest absolute Gasteiger partial charge is 0.481 e. The number of amides is 4. The van der Waals surface area contributed by atoms with E-state index >= 15 is 0 Å². The van der Waals surface area contributed by atoms with Gasteiger partial charge in [0.1, 0.15) is 18.1 Å². The molecule has 1 aliphatic heterocycles. The third-order valence-electron chi connectivity index (χ3n) is 11.8. The summed E-state index contributed by atoms with van der Waals surface area (Å²) in [4.78, 5) is 137. The van der Waals surface area contributed by atoms with E-state index in [1.165, 1.54) is 0 Å². The van der Waals surface area contributed by atoms with E-state index in [9.17, 15) is 88.5 Å². The van der Waals surface area contributed by atoms with Crippen molar-refractivity contribution < 1.29 is 130 Å². The maximum absolute atomic E-state index is 13.0. The molecule has 1 unspecified atom stereocenters. The van der Waals surface area contributed by atoms with E-state index in [0.717, 1.165) is 12.0 Å². The maximum atomic E-state index is 13.0. The van der Waals surface area contributed by atoms with Gasteiger partial charge in [-0.05, 0) is 68.4 Å². The van der Waals surface area contributed by atoms with Gasteiger partial charge in [0.2, 0.25) is 11.8 Å². The molecule has 0 aliphatic carbocycles.